The molecular weight excluding hydrogens is 244 g/mol. The molecule has 0 fully saturated rings. The van der Waals surface area contributed by atoms with Gasteiger partial charge in [0.15, 0.2) is 11.5 Å². The molecule has 0 unspecified atom stereocenters. The maximum atomic E-state index is 5.52. The van der Waals surface area contributed by atoms with E-state index < -0.39 is 0 Å². The first-order chi connectivity index (χ1) is 9.13. The molecule has 102 valence electrons. The second-order valence-electron chi connectivity index (χ2n) is 4.25. The van der Waals surface area contributed by atoms with Gasteiger partial charge >= 0.3 is 0 Å². The predicted octanol–water partition coefficient (Wildman–Crippen LogP) is 2.37. The average Bonchev–Trinajstić information content (AvgIpc) is 2.74. The third kappa shape index (κ3) is 2.99. The number of rotatable bonds is 5. The highest BCUT2D eigenvalue weighted by Gasteiger charge is 2.09. The van der Waals surface area contributed by atoms with E-state index in [9.17, 15) is 0 Å². The monoisotopic (exact) mass is 262 g/mol. The summed E-state index contributed by atoms with van der Waals surface area (Å²) in [6, 6.07) is 6.10. The molecule has 0 amide bonds. The molecule has 2 N–H and O–H groups in total. The van der Waals surface area contributed by atoms with Gasteiger partial charge < -0.3 is 19.6 Å². The Morgan fingerprint density at radius 2 is 1.89 bits per heavy atom. The lowest BCUT2D eigenvalue weighted by atomic mass is 10.1. The van der Waals surface area contributed by atoms with Gasteiger partial charge in [-0.05, 0) is 31.0 Å². The molecule has 1 heterocycles. The third-order valence-electron chi connectivity index (χ3n) is 3.00. The largest absolute Gasteiger partial charge is 0.493 e. The van der Waals surface area contributed by atoms with Gasteiger partial charge in [-0.2, -0.15) is 4.98 Å². The van der Waals surface area contributed by atoms with Crippen LogP contribution in [0.2, 0.25) is 0 Å². The fraction of sp³-hybridized carbons (Fsp3) is 0.357. The Kier molecular flexibility index (Phi) is 3.94. The van der Waals surface area contributed by atoms with Crippen molar-refractivity contribution in [2.75, 3.05) is 20.0 Å². The van der Waals surface area contributed by atoms with Gasteiger partial charge in [-0.3, -0.25) is 0 Å². The zero-order chi connectivity index (χ0) is 13.8. The quantitative estimate of drug-likeness (QED) is 0.895. The third-order valence-corrected chi connectivity index (χ3v) is 3.00. The maximum Gasteiger partial charge on any atom is 0.292 e. The summed E-state index contributed by atoms with van der Waals surface area (Å²) in [4.78, 5) is 4.05. The van der Waals surface area contributed by atoms with Crippen molar-refractivity contribution in [1.29, 1.82) is 0 Å². The van der Waals surface area contributed by atoms with Crippen LogP contribution in [-0.4, -0.2) is 19.2 Å². The van der Waals surface area contributed by atoms with Gasteiger partial charge in [0.1, 0.15) is 5.76 Å². The van der Waals surface area contributed by atoms with Crippen molar-refractivity contribution in [1.82, 2.24) is 4.98 Å². The number of oxazole rings is 1. The van der Waals surface area contributed by atoms with Crippen molar-refractivity contribution in [2.45, 2.75) is 19.8 Å². The Hall–Kier alpha value is -2.17. The first kappa shape index (κ1) is 13.3. The summed E-state index contributed by atoms with van der Waals surface area (Å²) >= 11 is 0. The first-order valence-corrected chi connectivity index (χ1v) is 6.06. The minimum absolute atomic E-state index is 0.222. The fourth-order valence-corrected chi connectivity index (χ4v) is 1.98. The maximum absolute atomic E-state index is 5.52. The van der Waals surface area contributed by atoms with Crippen molar-refractivity contribution >= 4 is 6.01 Å². The number of aromatic nitrogens is 1. The second-order valence-corrected chi connectivity index (χ2v) is 4.25. The van der Waals surface area contributed by atoms with Crippen LogP contribution in [-0.2, 0) is 12.8 Å². The van der Waals surface area contributed by atoms with E-state index >= 15 is 0 Å². The zero-order valence-corrected chi connectivity index (χ0v) is 11.4. The number of ether oxygens (including phenoxy) is 2. The van der Waals surface area contributed by atoms with Gasteiger partial charge in [-0.1, -0.05) is 6.07 Å². The number of hydrogen-bond donors (Lipinski definition) is 1. The van der Waals surface area contributed by atoms with Gasteiger partial charge in [0, 0.05) is 6.42 Å². The lowest BCUT2D eigenvalue weighted by Gasteiger charge is -2.09. The van der Waals surface area contributed by atoms with E-state index in [-0.39, 0.29) is 6.01 Å². The summed E-state index contributed by atoms with van der Waals surface area (Å²) < 4.78 is 15.8. The summed E-state index contributed by atoms with van der Waals surface area (Å²) in [5.74, 6) is 2.28. The van der Waals surface area contributed by atoms with Crippen LogP contribution in [0.5, 0.6) is 11.5 Å². The van der Waals surface area contributed by atoms with Crippen LogP contribution in [0, 0.1) is 6.92 Å². The van der Waals surface area contributed by atoms with Gasteiger partial charge in [0.25, 0.3) is 6.01 Å². The fourth-order valence-electron chi connectivity index (χ4n) is 1.98. The van der Waals surface area contributed by atoms with E-state index in [4.69, 9.17) is 19.6 Å². The van der Waals surface area contributed by atoms with Gasteiger partial charge in [0.05, 0.1) is 19.9 Å². The van der Waals surface area contributed by atoms with E-state index in [0.29, 0.717) is 0 Å². The van der Waals surface area contributed by atoms with Gasteiger partial charge in [-0.15, -0.1) is 0 Å². The standard InChI is InChI=1S/C14H18N2O3/c1-9-11(19-14(15)16-9)6-4-10-5-7-12(17-2)13(8-10)18-3/h5,7-8H,4,6H2,1-3H3,(H2,15,16). The minimum Gasteiger partial charge on any atom is -0.493 e. The second kappa shape index (κ2) is 5.65. The molecule has 5 heteroatoms. The summed E-state index contributed by atoms with van der Waals surface area (Å²) in [5.41, 5.74) is 7.51. The van der Waals surface area contributed by atoms with E-state index in [1.54, 1.807) is 14.2 Å². The lowest BCUT2D eigenvalue weighted by Crippen LogP contribution is -1.95. The summed E-state index contributed by atoms with van der Waals surface area (Å²) in [7, 11) is 3.25. The van der Waals surface area contributed by atoms with Crippen molar-refractivity contribution in [3.63, 3.8) is 0 Å². The number of hydrogen-bond acceptors (Lipinski definition) is 5. The molecular formula is C14H18N2O3. The molecule has 1 aromatic heterocycles. The van der Waals surface area contributed by atoms with E-state index in [1.165, 1.54) is 0 Å². The SMILES string of the molecule is COc1ccc(CCc2oc(N)nc2C)cc1OC. The highest BCUT2D eigenvalue weighted by molar-refractivity contribution is 5.43. The summed E-state index contributed by atoms with van der Waals surface area (Å²) in [6.45, 7) is 1.89. The molecule has 2 aromatic rings. The molecule has 0 saturated carbocycles. The Morgan fingerprint density at radius 3 is 2.47 bits per heavy atom. The number of aryl methyl sites for hydroxylation is 3. The average molecular weight is 262 g/mol. The number of benzene rings is 1. The molecule has 0 aliphatic heterocycles. The van der Waals surface area contributed by atoms with Crippen LogP contribution in [0.25, 0.3) is 0 Å². The Morgan fingerprint density at radius 1 is 1.16 bits per heavy atom. The van der Waals surface area contributed by atoms with Gasteiger partial charge in [0.2, 0.25) is 0 Å². The van der Waals surface area contributed by atoms with Crippen LogP contribution in [0.1, 0.15) is 17.0 Å². The van der Waals surface area contributed by atoms with Gasteiger partial charge in [-0.25, -0.2) is 0 Å². The highest BCUT2D eigenvalue weighted by atomic mass is 16.5. The van der Waals surface area contributed by atoms with Crippen molar-refractivity contribution in [3.05, 3.63) is 35.2 Å². The lowest BCUT2D eigenvalue weighted by molar-refractivity contribution is 0.354. The Balaban J connectivity index is 2.09. The minimum atomic E-state index is 0.222. The number of nitrogens with zero attached hydrogens (tertiary/aromatic N) is 1. The van der Waals surface area contributed by atoms with Crippen LogP contribution >= 0.6 is 0 Å². The molecule has 0 spiro atoms. The normalized spacial score (nSPS) is 10.5. The number of methoxy groups -OCH3 is 2. The van der Waals surface area contributed by atoms with Crippen LogP contribution in [0.4, 0.5) is 6.01 Å². The molecule has 0 radical (unpaired) electrons. The predicted molar refractivity (Wildman–Crippen MR) is 72.6 cm³/mol. The molecule has 2 rings (SSSR count). The molecule has 0 atom stereocenters. The smallest absolute Gasteiger partial charge is 0.292 e. The molecule has 0 bridgehead atoms. The number of anilines is 1. The van der Waals surface area contributed by atoms with E-state index in [2.05, 4.69) is 4.98 Å². The van der Waals surface area contributed by atoms with Crippen molar-refractivity contribution in [2.24, 2.45) is 0 Å². The van der Waals surface area contributed by atoms with Crippen LogP contribution in [0.15, 0.2) is 22.6 Å². The number of nitrogens with two attached hydrogens (primary N) is 1. The zero-order valence-electron chi connectivity index (χ0n) is 11.4. The van der Waals surface area contributed by atoms with Crippen molar-refractivity contribution in [3.8, 4) is 11.5 Å². The summed E-state index contributed by atoms with van der Waals surface area (Å²) in [6.07, 6.45) is 1.58. The number of nitrogen functional groups attached to an aromatic ring is 1. The van der Waals surface area contributed by atoms with E-state index in [1.807, 2.05) is 25.1 Å². The van der Waals surface area contributed by atoms with E-state index in [0.717, 1.165) is 41.4 Å². The molecule has 19 heavy (non-hydrogen) atoms. The molecule has 0 aliphatic rings. The van der Waals surface area contributed by atoms with Crippen molar-refractivity contribution < 1.29 is 13.9 Å². The molecule has 0 aliphatic carbocycles. The van der Waals surface area contributed by atoms with Crippen LogP contribution < -0.4 is 15.2 Å². The topological polar surface area (TPSA) is 70.5 Å². The highest BCUT2D eigenvalue weighted by Crippen LogP contribution is 2.28. The molecule has 1 aromatic carbocycles. The van der Waals surface area contributed by atoms with Crippen LogP contribution in [0.3, 0.4) is 0 Å². The first-order valence-electron chi connectivity index (χ1n) is 6.06. The summed E-state index contributed by atoms with van der Waals surface area (Å²) in [5, 5.41) is 0. The molecule has 5 nitrogen and oxygen atoms in total. The Bertz CT molecular complexity index is 564. The molecule has 0 saturated heterocycles. The Labute approximate surface area is 112 Å².